The van der Waals surface area contributed by atoms with Crippen molar-refractivity contribution in [2.45, 2.75) is 6.42 Å². The summed E-state index contributed by atoms with van der Waals surface area (Å²) in [6, 6.07) is 9.34. The number of carbonyl (C=O) groups is 1. The van der Waals surface area contributed by atoms with Crippen LogP contribution in [0.3, 0.4) is 0 Å². The second-order valence-corrected chi connectivity index (χ2v) is 5.36. The van der Waals surface area contributed by atoms with Crippen molar-refractivity contribution in [2.24, 2.45) is 0 Å². The molecule has 0 aliphatic carbocycles. The lowest BCUT2D eigenvalue weighted by molar-refractivity contribution is -0.115. The van der Waals surface area contributed by atoms with Crippen LogP contribution in [0.15, 0.2) is 36.4 Å². The van der Waals surface area contributed by atoms with Crippen molar-refractivity contribution in [1.29, 1.82) is 0 Å². The molecule has 6 heteroatoms. The molecule has 0 aliphatic rings. The highest BCUT2D eigenvalue weighted by atomic mass is 35.5. The number of hydrogen-bond donors (Lipinski definition) is 2. The Hall–Kier alpha value is -1.42. The predicted octanol–water partition coefficient (Wildman–Crippen LogP) is 4.53. The minimum Gasteiger partial charge on any atom is -0.508 e. The zero-order valence-electron chi connectivity index (χ0n) is 10.2. The van der Waals surface area contributed by atoms with Crippen molar-refractivity contribution in [1.82, 2.24) is 0 Å². The predicted molar refractivity (Wildman–Crippen MR) is 81.9 cm³/mol. The molecular weight excluding hydrogens is 321 g/mol. The zero-order chi connectivity index (χ0) is 14.7. The Bertz CT molecular complexity index is 659. The third-order valence-corrected chi connectivity index (χ3v) is 3.63. The summed E-state index contributed by atoms with van der Waals surface area (Å²) < 4.78 is 0. The van der Waals surface area contributed by atoms with E-state index in [0.717, 1.165) is 5.56 Å². The van der Waals surface area contributed by atoms with E-state index in [4.69, 9.17) is 34.8 Å². The second-order valence-electron chi connectivity index (χ2n) is 4.14. The van der Waals surface area contributed by atoms with E-state index >= 15 is 0 Å². The molecule has 0 fully saturated rings. The summed E-state index contributed by atoms with van der Waals surface area (Å²) in [6.07, 6.45) is 0.147. The summed E-state index contributed by atoms with van der Waals surface area (Å²) >= 11 is 17.6. The number of nitrogens with one attached hydrogen (secondary N) is 1. The number of phenolic OH excluding ortho intramolecular Hbond substituents is 1. The van der Waals surface area contributed by atoms with Gasteiger partial charge < -0.3 is 10.4 Å². The van der Waals surface area contributed by atoms with E-state index in [9.17, 15) is 9.90 Å². The third-order valence-electron chi connectivity index (χ3n) is 2.58. The Balaban J connectivity index is 2.07. The van der Waals surface area contributed by atoms with Crippen LogP contribution in [0.25, 0.3) is 0 Å². The van der Waals surface area contributed by atoms with E-state index in [1.165, 1.54) is 18.2 Å². The largest absolute Gasteiger partial charge is 0.508 e. The van der Waals surface area contributed by atoms with Gasteiger partial charge in [0.15, 0.2) is 0 Å². The van der Waals surface area contributed by atoms with Gasteiger partial charge in [-0.05, 0) is 29.8 Å². The first-order valence-corrected chi connectivity index (χ1v) is 6.81. The number of anilines is 1. The molecule has 0 bridgehead atoms. The zero-order valence-corrected chi connectivity index (χ0v) is 12.4. The minimum absolute atomic E-state index is 0.0393. The molecular formula is C14H10Cl3NO2. The van der Waals surface area contributed by atoms with Crippen LogP contribution in [0.2, 0.25) is 15.1 Å². The molecule has 0 aliphatic heterocycles. The number of carbonyl (C=O) groups excluding carboxylic acids is 1. The van der Waals surface area contributed by atoms with Crippen molar-refractivity contribution >= 4 is 46.4 Å². The number of amides is 1. The number of aromatic hydroxyl groups is 1. The summed E-state index contributed by atoms with van der Waals surface area (Å²) in [5.41, 5.74) is 1.18. The molecule has 2 aromatic rings. The van der Waals surface area contributed by atoms with Crippen molar-refractivity contribution in [3.05, 3.63) is 57.0 Å². The molecule has 0 heterocycles. The third kappa shape index (κ3) is 3.79. The molecule has 3 nitrogen and oxygen atoms in total. The Kier molecular flexibility index (Phi) is 4.76. The van der Waals surface area contributed by atoms with Crippen molar-refractivity contribution in [2.75, 3.05) is 5.32 Å². The number of phenols is 1. The number of rotatable bonds is 3. The molecule has 0 spiro atoms. The average Bonchev–Trinajstić information content (AvgIpc) is 2.37. The highest BCUT2D eigenvalue weighted by molar-refractivity contribution is 6.42. The van der Waals surface area contributed by atoms with Crippen LogP contribution in [0.4, 0.5) is 5.69 Å². The first-order valence-electron chi connectivity index (χ1n) is 5.68. The number of halogens is 3. The maximum absolute atomic E-state index is 11.9. The van der Waals surface area contributed by atoms with Crippen LogP contribution in [-0.2, 0) is 11.2 Å². The summed E-state index contributed by atoms with van der Waals surface area (Å²) in [7, 11) is 0. The molecule has 2 N–H and O–H groups in total. The van der Waals surface area contributed by atoms with Crippen molar-refractivity contribution in [3.8, 4) is 5.75 Å². The molecule has 1 amide bonds. The number of hydrogen-bond acceptors (Lipinski definition) is 2. The van der Waals surface area contributed by atoms with Gasteiger partial charge in [-0.2, -0.15) is 0 Å². The fourth-order valence-corrected chi connectivity index (χ4v) is 2.18. The maximum atomic E-state index is 11.9. The molecule has 2 rings (SSSR count). The van der Waals surface area contributed by atoms with Gasteiger partial charge >= 0.3 is 0 Å². The van der Waals surface area contributed by atoms with Crippen molar-refractivity contribution in [3.63, 3.8) is 0 Å². The van der Waals surface area contributed by atoms with Crippen molar-refractivity contribution < 1.29 is 9.90 Å². The first-order chi connectivity index (χ1) is 9.45. The van der Waals surface area contributed by atoms with E-state index in [1.54, 1.807) is 18.2 Å². The topological polar surface area (TPSA) is 49.3 Å². The summed E-state index contributed by atoms with van der Waals surface area (Å²) in [5, 5.41) is 13.0. The van der Waals surface area contributed by atoms with Crippen LogP contribution in [0, 0.1) is 0 Å². The molecule has 0 saturated heterocycles. The van der Waals surface area contributed by atoms with Crippen LogP contribution in [-0.4, -0.2) is 11.0 Å². The molecule has 0 unspecified atom stereocenters. The molecule has 0 radical (unpaired) electrons. The van der Waals surface area contributed by atoms with Crippen LogP contribution < -0.4 is 5.32 Å². The van der Waals surface area contributed by atoms with E-state index in [-0.39, 0.29) is 23.1 Å². The van der Waals surface area contributed by atoms with Gasteiger partial charge in [0, 0.05) is 6.07 Å². The Morgan fingerprint density at radius 1 is 1.00 bits per heavy atom. The molecule has 0 aromatic heterocycles. The molecule has 2 aromatic carbocycles. The van der Waals surface area contributed by atoms with E-state index in [2.05, 4.69) is 5.32 Å². The van der Waals surface area contributed by atoms with Crippen LogP contribution in [0.5, 0.6) is 5.75 Å². The van der Waals surface area contributed by atoms with Crippen LogP contribution >= 0.6 is 34.8 Å². The summed E-state index contributed by atoms with van der Waals surface area (Å²) in [6.45, 7) is 0. The van der Waals surface area contributed by atoms with Gasteiger partial charge in [0.1, 0.15) is 5.75 Å². The summed E-state index contributed by atoms with van der Waals surface area (Å²) in [5.74, 6) is -0.200. The maximum Gasteiger partial charge on any atom is 0.228 e. The highest BCUT2D eigenvalue weighted by Crippen LogP contribution is 2.26. The molecule has 0 saturated carbocycles. The van der Waals surface area contributed by atoms with Gasteiger partial charge in [0.2, 0.25) is 5.91 Å². The normalized spacial score (nSPS) is 10.3. The van der Waals surface area contributed by atoms with E-state index in [1.807, 2.05) is 0 Å². The van der Waals surface area contributed by atoms with Crippen LogP contribution in [0.1, 0.15) is 5.56 Å². The lowest BCUT2D eigenvalue weighted by Gasteiger charge is -2.08. The lowest BCUT2D eigenvalue weighted by Crippen LogP contribution is -2.14. The Morgan fingerprint density at radius 3 is 2.40 bits per heavy atom. The minimum atomic E-state index is -0.240. The van der Waals surface area contributed by atoms with E-state index in [0.29, 0.717) is 15.7 Å². The van der Waals surface area contributed by atoms with Gasteiger partial charge in [0.05, 0.1) is 27.2 Å². The second kappa shape index (κ2) is 6.35. The molecule has 20 heavy (non-hydrogen) atoms. The first kappa shape index (κ1) is 15.0. The Labute approximate surface area is 131 Å². The van der Waals surface area contributed by atoms with Gasteiger partial charge in [-0.1, -0.05) is 40.9 Å². The average molecular weight is 331 g/mol. The Morgan fingerprint density at radius 2 is 1.75 bits per heavy atom. The SMILES string of the molecule is O=C(Cc1ccc(Cl)c(Cl)c1)Nc1ccc(O)cc1Cl. The van der Waals surface area contributed by atoms with Gasteiger partial charge in [0.25, 0.3) is 0 Å². The monoisotopic (exact) mass is 329 g/mol. The quantitative estimate of drug-likeness (QED) is 0.812. The fraction of sp³-hybridized carbons (Fsp3) is 0.0714. The lowest BCUT2D eigenvalue weighted by atomic mass is 10.1. The summed E-state index contributed by atoms with van der Waals surface area (Å²) in [4.78, 5) is 11.9. The standard InChI is InChI=1S/C14H10Cl3NO2/c15-10-3-1-8(5-11(10)16)6-14(20)18-13-4-2-9(19)7-12(13)17/h1-5,7,19H,6H2,(H,18,20). The smallest absolute Gasteiger partial charge is 0.228 e. The van der Waals surface area contributed by atoms with Gasteiger partial charge in [-0.25, -0.2) is 0 Å². The van der Waals surface area contributed by atoms with Gasteiger partial charge in [-0.3, -0.25) is 4.79 Å². The fourth-order valence-electron chi connectivity index (χ4n) is 1.63. The number of benzene rings is 2. The molecule has 104 valence electrons. The van der Waals surface area contributed by atoms with E-state index < -0.39 is 0 Å². The highest BCUT2D eigenvalue weighted by Gasteiger charge is 2.08. The molecule has 0 atom stereocenters. The van der Waals surface area contributed by atoms with Gasteiger partial charge in [-0.15, -0.1) is 0 Å².